The molecule has 0 saturated carbocycles. The molecule has 0 bridgehead atoms. The van der Waals surface area contributed by atoms with Crippen molar-refractivity contribution in [2.75, 3.05) is 5.73 Å². The smallest absolute Gasteiger partial charge is 0.167 e. The fourth-order valence-corrected chi connectivity index (χ4v) is 1.93. The third-order valence-electron chi connectivity index (χ3n) is 2.80. The second-order valence-corrected chi connectivity index (χ2v) is 4.30. The molecule has 0 aromatic heterocycles. The molecule has 2 nitrogen and oxygen atoms in total. The van der Waals surface area contributed by atoms with Gasteiger partial charge in [-0.05, 0) is 48.4 Å². The van der Waals surface area contributed by atoms with Crippen molar-refractivity contribution in [3.05, 3.63) is 65.0 Å². The molecular weight excluding hydrogens is 229 g/mol. The first-order valence-corrected chi connectivity index (χ1v) is 5.70. The van der Waals surface area contributed by atoms with Crippen LogP contribution in [0.25, 0.3) is 0 Å². The maximum Gasteiger partial charge on any atom is 0.167 e. The average molecular weight is 243 g/mol. The molecule has 0 radical (unpaired) electrons. The van der Waals surface area contributed by atoms with Gasteiger partial charge in [0.2, 0.25) is 0 Å². The van der Waals surface area contributed by atoms with E-state index in [1.54, 1.807) is 30.3 Å². The van der Waals surface area contributed by atoms with Gasteiger partial charge in [-0.2, -0.15) is 0 Å². The first kappa shape index (κ1) is 12.3. The Bertz CT molecular complexity index is 593. The van der Waals surface area contributed by atoms with Gasteiger partial charge in [0.05, 0.1) is 0 Å². The zero-order valence-electron chi connectivity index (χ0n) is 10.1. The predicted molar refractivity (Wildman–Crippen MR) is 70.0 cm³/mol. The Hall–Kier alpha value is -2.16. The second-order valence-electron chi connectivity index (χ2n) is 4.30. The van der Waals surface area contributed by atoms with E-state index < -0.39 is 0 Å². The lowest BCUT2D eigenvalue weighted by Gasteiger charge is -2.06. The maximum absolute atomic E-state index is 13.0. The highest BCUT2D eigenvalue weighted by atomic mass is 19.1. The van der Waals surface area contributed by atoms with E-state index in [0.29, 0.717) is 16.8 Å². The van der Waals surface area contributed by atoms with Gasteiger partial charge < -0.3 is 5.73 Å². The number of hydrogen-bond donors (Lipinski definition) is 1. The summed E-state index contributed by atoms with van der Waals surface area (Å²) in [5.41, 5.74) is 8.43. The minimum Gasteiger partial charge on any atom is -0.399 e. The summed E-state index contributed by atoms with van der Waals surface area (Å²) in [6.07, 6.45) is 0.197. The first-order valence-electron chi connectivity index (χ1n) is 5.70. The lowest BCUT2D eigenvalue weighted by molar-refractivity contribution is 0.0992. The summed E-state index contributed by atoms with van der Waals surface area (Å²) in [5, 5.41) is 0. The van der Waals surface area contributed by atoms with Crippen molar-refractivity contribution in [2.45, 2.75) is 13.3 Å². The van der Waals surface area contributed by atoms with E-state index in [9.17, 15) is 9.18 Å². The number of rotatable bonds is 3. The van der Waals surface area contributed by atoms with Crippen molar-refractivity contribution in [1.82, 2.24) is 0 Å². The van der Waals surface area contributed by atoms with Crippen LogP contribution < -0.4 is 5.73 Å². The number of aryl methyl sites for hydroxylation is 1. The van der Waals surface area contributed by atoms with E-state index in [-0.39, 0.29) is 18.0 Å². The highest BCUT2D eigenvalue weighted by Crippen LogP contribution is 2.15. The third-order valence-corrected chi connectivity index (χ3v) is 2.80. The fourth-order valence-electron chi connectivity index (χ4n) is 1.93. The standard InChI is InChI=1S/C15H14FNO/c1-10-7-13(17)5-6-14(10)15(18)9-11-3-2-4-12(16)8-11/h2-8H,9,17H2,1H3. The zero-order chi connectivity index (χ0) is 13.1. The summed E-state index contributed by atoms with van der Waals surface area (Å²) in [7, 11) is 0. The van der Waals surface area contributed by atoms with Gasteiger partial charge in [0.25, 0.3) is 0 Å². The molecule has 0 aliphatic carbocycles. The van der Waals surface area contributed by atoms with Crippen molar-refractivity contribution < 1.29 is 9.18 Å². The lowest BCUT2D eigenvalue weighted by atomic mass is 9.99. The molecule has 0 spiro atoms. The van der Waals surface area contributed by atoms with E-state index in [0.717, 1.165) is 5.56 Å². The SMILES string of the molecule is Cc1cc(N)ccc1C(=O)Cc1cccc(F)c1. The van der Waals surface area contributed by atoms with Crippen LogP contribution in [0.1, 0.15) is 21.5 Å². The first-order chi connectivity index (χ1) is 8.56. The molecule has 0 fully saturated rings. The fraction of sp³-hybridized carbons (Fsp3) is 0.133. The van der Waals surface area contributed by atoms with Crippen molar-refractivity contribution in [3.8, 4) is 0 Å². The summed E-state index contributed by atoms with van der Waals surface area (Å²) in [5.74, 6) is -0.354. The second kappa shape index (κ2) is 5.00. The topological polar surface area (TPSA) is 43.1 Å². The van der Waals surface area contributed by atoms with Crippen LogP contribution in [0.3, 0.4) is 0 Å². The van der Waals surface area contributed by atoms with Gasteiger partial charge in [-0.25, -0.2) is 4.39 Å². The molecule has 0 atom stereocenters. The van der Waals surface area contributed by atoms with Crippen LogP contribution in [0.2, 0.25) is 0 Å². The molecule has 0 amide bonds. The van der Waals surface area contributed by atoms with Crippen molar-refractivity contribution in [2.24, 2.45) is 0 Å². The van der Waals surface area contributed by atoms with E-state index in [4.69, 9.17) is 5.73 Å². The Labute approximate surface area is 105 Å². The van der Waals surface area contributed by atoms with Gasteiger partial charge in [-0.3, -0.25) is 4.79 Å². The van der Waals surface area contributed by atoms with Crippen molar-refractivity contribution in [1.29, 1.82) is 0 Å². The van der Waals surface area contributed by atoms with Gasteiger partial charge in [0.1, 0.15) is 5.82 Å². The molecule has 3 heteroatoms. The van der Waals surface area contributed by atoms with E-state index in [1.807, 2.05) is 6.92 Å². The number of carbonyl (C=O) groups excluding carboxylic acids is 1. The van der Waals surface area contributed by atoms with Gasteiger partial charge in [0.15, 0.2) is 5.78 Å². The van der Waals surface area contributed by atoms with Crippen LogP contribution in [0.5, 0.6) is 0 Å². The van der Waals surface area contributed by atoms with E-state index in [1.165, 1.54) is 12.1 Å². The highest BCUT2D eigenvalue weighted by molar-refractivity contribution is 5.99. The minimum atomic E-state index is -0.325. The molecule has 92 valence electrons. The van der Waals surface area contributed by atoms with Gasteiger partial charge >= 0.3 is 0 Å². The van der Waals surface area contributed by atoms with Crippen LogP contribution in [0.4, 0.5) is 10.1 Å². The Kier molecular flexibility index (Phi) is 3.42. The maximum atomic E-state index is 13.0. The molecule has 18 heavy (non-hydrogen) atoms. The van der Waals surface area contributed by atoms with Crippen LogP contribution in [0.15, 0.2) is 42.5 Å². The van der Waals surface area contributed by atoms with Crippen molar-refractivity contribution in [3.63, 3.8) is 0 Å². The summed E-state index contributed by atoms with van der Waals surface area (Å²) in [6.45, 7) is 1.84. The lowest BCUT2D eigenvalue weighted by Crippen LogP contribution is -2.06. The van der Waals surface area contributed by atoms with E-state index in [2.05, 4.69) is 0 Å². The Morgan fingerprint density at radius 1 is 1.22 bits per heavy atom. The van der Waals surface area contributed by atoms with Gasteiger partial charge in [-0.15, -0.1) is 0 Å². The number of ketones is 1. The molecular formula is C15H14FNO. The number of nitrogen functional groups attached to an aromatic ring is 1. The number of benzene rings is 2. The van der Waals surface area contributed by atoms with Crippen LogP contribution in [0, 0.1) is 12.7 Å². The highest BCUT2D eigenvalue weighted by Gasteiger charge is 2.10. The number of hydrogen-bond acceptors (Lipinski definition) is 2. The molecule has 0 unspecified atom stereocenters. The quantitative estimate of drug-likeness (QED) is 0.664. The monoisotopic (exact) mass is 243 g/mol. The Balaban J connectivity index is 2.22. The Morgan fingerprint density at radius 3 is 2.67 bits per heavy atom. The molecule has 2 aromatic carbocycles. The Morgan fingerprint density at radius 2 is 2.00 bits per heavy atom. The number of carbonyl (C=O) groups is 1. The number of nitrogens with two attached hydrogens (primary N) is 1. The molecule has 0 aliphatic heterocycles. The van der Waals surface area contributed by atoms with Crippen LogP contribution in [-0.4, -0.2) is 5.78 Å². The molecule has 2 N–H and O–H groups in total. The molecule has 0 saturated heterocycles. The van der Waals surface area contributed by atoms with Crippen LogP contribution in [-0.2, 0) is 6.42 Å². The molecule has 0 heterocycles. The summed E-state index contributed by atoms with van der Waals surface area (Å²) < 4.78 is 13.0. The summed E-state index contributed by atoms with van der Waals surface area (Å²) in [6, 6.07) is 11.3. The van der Waals surface area contributed by atoms with Gasteiger partial charge in [-0.1, -0.05) is 12.1 Å². The number of anilines is 1. The largest absolute Gasteiger partial charge is 0.399 e. The average Bonchev–Trinajstić information content (AvgIpc) is 2.28. The van der Waals surface area contributed by atoms with Crippen LogP contribution >= 0.6 is 0 Å². The molecule has 2 rings (SSSR count). The molecule has 0 aliphatic rings. The van der Waals surface area contributed by atoms with Crippen molar-refractivity contribution >= 4 is 11.5 Å². The summed E-state index contributed by atoms with van der Waals surface area (Å²) >= 11 is 0. The predicted octanol–water partition coefficient (Wildman–Crippen LogP) is 3.14. The van der Waals surface area contributed by atoms with Gasteiger partial charge in [0, 0.05) is 17.7 Å². The number of halogens is 1. The van der Waals surface area contributed by atoms with E-state index >= 15 is 0 Å². The zero-order valence-corrected chi connectivity index (χ0v) is 10.1. The molecule has 2 aromatic rings. The number of Topliss-reactive ketones (excluding diaryl/α,β-unsaturated/α-hetero) is 1. The normalized spacial score (nSPS) is 10.3. The third kappa shape index (κ3) is 2.74. The summed E-state index contributed by atoms with van der Waals surface area (Å²) in [4.78, 5) is 12.1. The minimum absolute atomic E-state index is 0.0295.